The van der Waals surface area contributed by atoms with Crippen LogP contribution in [0.1, 0.15) is 5.56 Å². The Morgan fingerprint density at radius 1 is 1.27 bits per heavy atom. The van der Waals surface area contributed by atoms with Crippen LogP contribution in [0.15, 0.2) is 30.6 Å². The van der Waals surface area contributed by atoms with E-state index in [1.807, 2.05) is 0 Å². The van der Waals surface area contributed by atoms with E-state index >= 15 is 0 Å². The van der Waals surface area contributed by atoms with Crippen molar-refractivity contribution in [2.45, 2.75) is 0 Å². The zero-order chi connectivity index (χ0) is 8.27. The van der Waals surface area contributed by atoms with Crippen molar-refractivity contribution in [2.75, 3.05) is 0 Å². The Morgan fingerprint density at radius 3 is 2.27 bits per heavy atom. The Morgan fingerprint density at radius 2 is 1.82 bits per heavy atom. The molecule has 58 valence electrons. The maximum absolute atomic E-state index is 12.4. The van der Waals surface area contributed by atoms with Gasteiger partial charge in [-0.1, -0.05) is 23.7 Å². The van der Waals surface area contributed by atoms with Gasteiger partial charge in [0.15, 0.2) is 5.83 Å². The molecule has 0 aliphatic carbocycles. The predicted molar refractivity (Wildman–Crippen MR) is 41.6 cm³/mol. The average molecular weight is 175 g/mol. The molecule has 0 heterocycles. The van der Waals surface area contributed by atoms with Gasteiger partial charge in [-0.3, -0.25) is 0 Å². The van der Waals surface area contributed by atoms with Crippen molar-refractivity contribution in [2.24, 2.45) is 0 Å². The molecule has 1 aromatic carbocycles. The molecule has 0 aliphatic rings. The van der Waals surface area contributed by atoms with Gasteiger partial charge in [-0.05, 0) is 12.1 Å². The summed E-state index contributed by atoms with van der Waals surface area (Å²) in [7, 11) is 0. The van der Waals surface area contributed by atoms with E-state index in [0.717, 1.165) is 0 Å². The minimum Gasteiger partial charge on any atom is -0.212 e. The van der Waals surface area contributed by atoms with Crippen LogP contribution in [0.2, 0.25) is 5.02 Å². The van der Waals surface area contributed by atoms with Crippen LogP contribution >= 0.6 is 11.6 Å². The highest BCUT2D eigenvalue weighted by Gasteiger charge is 1.98. The van der Waals surface area contributed by atoms with Crippen LogP contribution in [0.3, 0.4) is 0 Å². The van der Waals surface area contributed by atoms with Crippen molar-refractivity contribution < 1.29 is 8.78 Å². The Labute approximate surface area is 68.1 Å². The number of hydrogen-bond donors (Lipinski definition) is 0. The van der Waals surface area contributed by atoms with Gasteiger partial charge < -0.3 is 0 Å². The molecule has 0 atom stereocenters. The van der Waals surface area contributed by atoms with Gasteiger partial charge in [0.05, 0.1) is 0 Å². The topological polar surface area (TPSA) is 0 Å². The molecule has 1 rings (SSSR count). The monoisotopic (exact) mass is 174 g/mol. The van der Waals surface area contributed by atoms with Crippen LogP contribution in [0.5, 0.6) is 0 Å². The molecular formula is C8H5ClF2. The maximum atomic E-state index is 12.4. The molecule has 0 spiro atoms. The second-order valence-corrected chi connectivity index (χ2v) is 2.40. The third kappa shape index (κ3) is 2.02. The quantitative estimate of drug-likeness (QED) is 0.611. The first-order valence-corrected chi connectivity index (χ1v) is 3.33. The van der Waals surface area contributed by atoms with Crippen LogP contribution in [-0.2, 0) is 0 Å². The standard InChI is InChI=1S/C8H5ClF2/c9-7-3-1-6(2-4-7)8(11)5-10/h1-5H/b8-5-. The second-order valence-electron chi connectivity index (χ2n) is 1.96. The molecule has 0 amide bonds. The smallest absolute Gasteiger partial charge is 0.158 e. The largest absolute Gasteiger partial charge is 0.212 e. The molecule has 11 heavy (non-hydrogen) atoms. The van der Waals surface area contributed by atoms with Gasteiger partial charge >= 0.3 is 0 Å². The highest BCUT2D eigenvalue weighted by atomic mass is 35.5. The van der Waals surface area contributed by atoms with Crippen molar-refractivity contribution in [3.05, 3.63) is 41.2 Å². The molecule has 0 bridgehead atoms. The lowest BCUT2D eigenvalue weighted by Crippen LogP contribution is -1.74. The SMILES string of the molecule is F/C=C(\F)c1ccc(Cl)cc1. The molecule has 0 saturated heterocycles. The van der Waals surface area contributed by atoms with Crippen molar-refractivity contribution in [3.8, 4) is 0 Å². The van der Waals surface area contributed by atoms with Gasteiger partial charge in [0.1, 0.15) is 6.33 Å². The molecule has 0 saturated carbocycles. The number of hydrogen-bond acceptors (Lipinski definition) is 0. The summed E-state index contributed by atoms with van der Waals surface area (Å²) in [5.74, 6) is -0.887. The molecule has 0 unspecified atom stereocenters. The van der Waals surface area contributed by atoms with Crippen LogP contribution in [-0.4, -0.2) is 0 Å². The van der Waals surface area contributed by atoms with Crippen LogP contribution < -0.4 is 0 Å². The Bertz CT molecular complexity index is 264. The minimum atomic E-state index is -0.887. The van der Waals surface area contributed by atoms with E-state index in [2.05, 4.69) is 0 Å². The fraction of sp³-hybridized carbons (Fsp3) is 0. The summed E-state index contributed by atoms with van der Waals surface area (Å²) in [5, 5.41) is 0.500. The first-order valence-electron chi connectivity index (χ1n) is 2.96. The van der Waals surface area contributed by atoms with Crippen molar-refractivity contribution in [1.82, 2.24) is 0 Å². The highest BCUT2D eigenvalue weighted by Crippen LogP contribution is 2.18. The Kier molecular flexibility index (Phi) is 2.60. The van der Waals surface area contributed by atoms with Crippen LogP contribution in [0.4, 0.5) is 8.78 Å². The van der Waals surface area contributed by atoms with E-state index < -0.39 is 5.83 Å². The Balaban J connectivity index is 2.99. The highest BCUT2D eigenvalue weighted by molar-refractivity contribution is 6.30. The van der Waals surface area contributed by atoms with E-state index in [-0.39, 0.29) is 11.9 Å². The van der Waals surface area contributed by atoms with Crippen molar-refractivity contribution in [1.29, 1.82) is 0 Å². The van der Waals surface area contributed by atoms with Crippen LogP contribution in [0, 0.1) is 0 Å². The molecular weight excluding hydrogens is 170 g/mol. The van der Waals surface area contributed by atoms with E-state index in [1.165, 1.54) is 24.3 Å². The number of halogens is 3. The summed E-state index contributed by atoms with van der Waals surface area (Å²) in [6.45, 7) is 0. The maximum Gasteiger partial charge on any atom is 0.158 e. The summed E-state index contributed by atoms with van der Waals surface area (Å²) in [4.78, 5) is 0. The summed E-state index contributed by atoms with van der Waals surface area (Å²) >= 11 is 5.52. The van der Waals surface area contributed by atoms with Gasteiger partial charge in [-0.15, -0.1) is 0 Å². The molecule has 3 heteroatoms. The molecule has 0 radical (unpaired) electrons. The zero-order valence-corrected chi connectivity index (χ0v) is 6.28. The lowest BCUT2D eigenvalue weighted by Gasteiger charge is -1.94. The number of rotatable bonds is 1. The molecule has 1 aromatic rings. The number of benzene rings is 1. The van der Waals surface area contributed by atoms with Gasteiger partial charge in [-0.25, -0.2) is 8.78 Å². The fourth-order valence-electron chi connectivity index (χ4n) is 0.672. The molecule has 0 fully saturated rings. The fourth-order valence-corrected chi connectivity index (χ4v) is 0.798. The Hall–Kier alpha value is -0.890. The van der Waals surface area contributed by atoms with Gasteiger partial charge in [0.25, 0.3) is 0 Å². The van der Waals surface area contributed by atoms with E-state index in [1.54, 1.807) is 0 Å². The summed E-state index contributed by atoms with van der Waals surface area (Å²) in [6.07, 6.45) is -0.0801. The summed E-state index contributed by atoms with van der Waals surface area (Å²) < 4.78 is 24.0. The van der Waals surface area contributed by atoms with Gasteiger partial charge in [-0.2, -0.15) is 0 Å². The molecule has 0 N–H and O–H groups in total. The van der Waals surface area contributed by atoms with E-state index in [4.69, 9.17) is 11.6 Å². The normalized spacial score (nSPS) is 11.7. The first-order chi connectivity index (χ1) is 5.24. The third-order valence-electron chi connectivity index (χ3n) is 1.22. The summed E-state index contributed by atoms with van der Waals surface area (Å²) in [5.41, 5.74) is 0.192. The van der Waals surface area contributed by atoms with Gasteiger partial charge in [0, 0.05) is 10.6 Å². The van der Waals surface area contributed by atoms with E-state index in [0.29, 0.717) is 5.02 Å². The molecule has 0 aliphatic heterocycles. The first kappa shape index (κ1) is 8.21. The minimum absolute atomic E-state index is 0.0801. The lowest BCUT2D eigenvalue weighted by atomic mass is 10.2. The molecule has 0 nitrogen and oxygen atoms in total. The summed E-state index contributed by atoms with van der Waals surface area (Å²) in [6, 6.07) is 5.82. The predicted octanol–water partition coefficient (Wildman–Crippen LogP) is 3.58. The average Bonchev–Trinajstić information content (AvgIpc) is 2.05. The van der Waals surface area contributed by atoms with Gasteiger partial charge in [0.2, 0.25) is 0 Å². The molecule has 0 aromatic heterocycles. The van der Waals surface area contributed by atoms with Crippen molar-refractivity contribution in [3.63, 3.8) is 0 Å². The lowest BCUT2D eigenvalue weighted by molar-refractivity contribution is 0.671. The zero-order valence-electron chi connectivity index (χ0n) is 5.52. The van der Waals surface area contributed by atoms with Crippen LogP contribution in [0.25, 0.3) is 5.83 Å². The van der Waals surface area contributed by atoms with E-state index in [9.17, 15) is 8.78 Å². The third-order valence-corrected chi connectivity index (χ3v) is 1.47. The second kappa shape index (κ2) is 3.49. The van der Waals surface area contributed by atoms with Crippen molar-refractivity contribution >= 4 is 17.4 Å².